The fraction of sp³-hybridized carbons (Fsp3) is 0.120. The summed E-state index contributed by atoms with van der Waals surface area (Å²) in [7, 11) is -3.91. The molecule has 1 N–H and O–H groups in total. The van der Waals surface area contributed by atoms with Crippen LogP contribution in [0.1, 0.15) is 15.9 Å². The van der Waals surface area contributed by atoms with Crippen LogP contribution in [0.4, 0.5) is 5.69 Å². The molecule has 0 aliphatic heterocycles. The normalized spacial score (nSPS) is 11.1. The molecule has 9 heteroatoms. The van der Waals surface area contributed by atoms with Crippen molar-refractivity contribution in [3.05, 3.63) is 108 Å². The Hall–Kier alpha value is -4.11. The lowest BCUT2D eigenvalue weighted by atomic mass is 10.2. The van der Waals surface area contributed by atoms with Gasteiger partial charge in [0, 0.05) is 18.1 Å². The fourth-order valence-corrected chi connectivity index (χ4v) is 4.22. The third-order valence-corrected chi connectivity index (χ3v) is 6.23. The van der Waals surface area contributed by atoms with Gasteiger partial charge >= 0.3 is 5.97 Å². The van der Waals surface area contributed by atoms with E-state index in [2.05, 4.69) is 9.82 Å². The number of carbonyl (C=O) groups is 1. The minimum Gasteiger partial charge on any atom is -0.489 e. The van der Waals surface area contributed by atoms with E-state index < -0.39 is 16.0 Å². The highest BCUT2D eigenvalue weighted by molar-refractivity contribution is 7.92. The third kappa shape index (κ3) is 6.23. The van der Waals surface area contributed by atoms with Crippen molar-refractivity contribution in [3.8, 4) is 5.75 Å². The van der Waals surface area contributed by atoms with E-state index in [0.29, 0.717) is 24.6 Å². The highest BCUT2D eigenvalue weighted by atomic mass is 32.2. The molecular formula is C25H23N3O5S. The minimum atomic E-state index is -3.91. The lowest BCUT2D eigenvalue weighted by Crippen LogP contribution is -2.15. The molecule has 0 fully saturated rings. The quantitative estimate of drug-likeness (QED) is 0.345. The van der Waals surface area contributed by atoms with Crippen LogP contribution >= 0.6 is 0 Å². The third-order valence-electron chi connectivity index (χ3n) is 4.85. The molecule has 0 unspecified atom stereocenters. The summed E-state index contributed by atoms with van der Waals surface area (Å²) in [5, 5.41) is 4.03. The van der Waals surface area contributed by atoms with Crippen LogP contribution in [0.25, 0.3) is 0 Å². The zero-order chi connectivity index (χ0) is 23.8. The van der Waals surface area contributed by atoms with Crippen LogP contribution in [0.15, 0.2) is 102 Å². The van der Waals surface area contributed by atoms with Crippen molar-refractivity contribution in [2.24, 2.45) is 0 Å². The van der Waals surface area contributed by atoms with Gasteiger partial charge in [0.15, 0.2) is 0 Å². The maximum absolute atomic E-state index is 12.8. The Morgan fingerprint density at radius 1 is 0.941 bits per heavy atom. The SMILES string of the molecule is O=C(OCCn1cccn1)c1cccc(S(=O)(=O)Nc2ccc(OCc3ccccc3)cc2)c1. The number of aromatic nitrogens is 2. The van der Waals surface area contributed by atoms with E-state index >= 15 is 0 Å². The molecule has 3 aromatic carbocycles. The summed E-state index contributed by atoms with van der Waals surface area (Å²) in [4.78, 5) is 12.3. The van der Waals surface area contributed by atoms with Crippen molar-refractivity contribution in [1.29, 1.82) is 0 Å². The second kappa shape index (κ2) is 10.7. The predicted octanol–water partition coefficient (Wildman–Crippen LogP) is 4.12. The first kappa shape index (κ1) is 23.1. The first-order valence-electron chi connectivity index (χ1n) is 10.5. The molecule has 174 valence electrons. The Morgan fingerprint density at radius 3 is 2.47 bits per heavy atom. The molecule has 4 aromatic rings. The van der Waals surface area contributed by atoms with Crippen LogP contribution in [0.5, 0.6) is 5.75 Å². The maximum atomic E-state index is 12.8. The summed E-state index contributed by atoms with van der Waals surface area (Å²) in [6.07, 6.45) is 3.39. The van der Waals surface area contributed by atoms with E-state index in [9.17, 15) is 13.2 Å². The maximum Gasteiger partial charge on any atom is 0.338 e. The van der Waals surface area contributed by atoms with Crippen LogP contribution in [0, 0.1) is 0 Å². The second-order valence-electron chi connectivity index (χ2n) is 7.34. The lowest BCUT2D eigenvalue weighted by Gasteiger charge is -2.11. The Kier molecular flexibility index (Phi) is 7.24. The Bertz CT molecular complexity index is 1320. The number of sulfonamides is 1. The number of hydrogen-bond acceptors (Lipinski definition) is 6. The van der Waals surface area contributed by atoms with E-state index in [4.69, 9.17) is 9.47 Å². The fourth-order valence-electron chi connectivity index (χ4n) is 3.11. The summed E-state index contributed by atoms with van der Waals surface area (Å²) in [5.74, 6) is 0.00998. The molecule has 0 radical (unpaired) electrons. The summed E-state index contributed by atoms with van der Waals surface area (Å²) in [5.41, 5.74) is 1.55. The molecule has 34 heavy (non-hydrogen) atoms. The first-order chi connectivity index (χ1) is 16.5. The summed E-state index contributed by atoms with van der Waals surface area (Å²) in [6, 6.07) is 23.8. The van der Waals surface area contributed by atoms with Gasteiger partial charge < -0.3 is 9.47 Å². The van der Waals surface area contributed by atoms with E-state index in [-0.39, 0.29) is 17.1 Å². The molecule has 0 aliphatic rings. The topological polar surface area (TPSA) is 99.5 Å². The molecule has 8 nitrogen and oxygen atoms in total. The average Bonchev–Trinajstić information content (AvgIpc) is 3.38. The molecule has 4 rings (SSSR count). The Labute approximate surface area is 197 Å². The zero-order valence-electron chi connectivity index (χ0n) is 18.2. The molecule has 0 aliphatic carbocycles. The molecule has 0 spiro atoms. The van der Waals surface area contributed by atoms with Crippen molar-refractivity contribution in [3.63, 3.8) is 0 Å². The van der Waals surface area contributed by atoms with E-state index in [1.807, 2.05) is 30.3 Å². The average molecular weight is 478 g/mol. The smallest absolute Gasteiger partial charge is 0.338 e. The van der Waals surface area contributed by atoms with Crippen molar-refractivity contribution in [2.75, 3.05) is 11.3 Å². The first-order valence-corrected chi connectivity index (χ1v) is 12.0. The number of nitrogens with one attached hydrogen (secondary N) is 1. The Balaban J connectivity index is 1.35. The van der Waals surface area contributed by atoms with E-state index in [1.165, 1.54) is 24.3 Å². The molecule has 0 saturated heterocycles. The van der Waals surface area contributed by atoms with Crippen LogP contribution in [-0.2, 0) is 27.9 Å². The number of ether oxygens (including phenoxy) is 2. The number of carbonyl (C=O) groups excluding carboxylic acids is 1. The lowest BCUT2D eigenvalue weighted by molar-refractivity contribution is 0.0487. The van der Waals surface area contributed by atoms with Crippen molar-refractivity contribution < 1.29 is 22.7 Å². The molecule has 0 atom stereocenters. The number of anilines is 1. The molecule has 1 heterocycles. The van der Waals surface area contributed by atoms with Gasteiger partial charge in [-0.15, -0.1) is 0 Å². The zero-order valence-corrected chi connectivity index (χ0v) is 19.0. The number of rotatable bonds is 10. The van der Waals surface area contributed by atoms with Gasteiger partial charge in [-0.3, -0.25) is 9.40 Å². The van der Waals surface area contributed by atoms with E-state index in [1.54, 1.807) is 47.4 Å². The number of nitrogens with zero attached hydrogens (tertiary/aromatic N) is 2. The van der Waals surface area contributed by atoms with Crippen molar-refractivity contribution >= 4 is 21.7 Å². The number of benzene rings is 3. The predicted molar refractivity (Wildman–Crippen MR) is 127 cm³/mol. The molecule has 0 bridgehead atoms. The van der Waals surface area contributed by atoms with Gasteiger partial charge in [-0.2, -0.15) is 5.10 Å². The molecule has 1 aromatic heterocycles. The van der Waals surface area contributed by atoms with Crippen LogP contribution < -0.4 is 9.46 Å². The van der Waals surface area contributed by atoms with E-state index in [0.717, 1.165) is 5.56 Å². The van der Waals surface area contributed by atoms with Gasteiger partial charge in [0.05, 0.1) is 17.0 Å². The minimum absolute atomic E-state index is 0.0431. The van der Waals surface area contributed by atoms with Crippen LogP contribution in [0.2, 0.25) is 0 Å². The van der Waals surface area contributed by atoms with Gasteiger partial charge in [0.2, 0.25) is 0 Å². The highest BCUT2D eigenvalue weighted by Crippen LogP contribution is 2.21. The highest BCUT2D eigenvalue weighted by Gasteiger charge is 2.17. The second-order valence-corrected chi connectivity index (χ2v) is 9.02. The standard InChI is InChI=1S/C25H23N3O5S/c29-25(32-17-16-28-15-5-14-26-28)21-8-4-9-24(18-21)34(30,31)27-22-10-12-23(13-11-22)33-19-20-6-2-1-3-7-20/h1-15,18,27H,16-17,19H2. The largest absolute Gasteiger partial charge is 0.489 e. The summed E-state index contributed by atoms with van der Waals surface area (Å²) < 4.78 is 40.8. The number of hydrogen-bond donors (Lipinski definition) is 1. The monoisotopic (exact) mass is 477 g/mol. The summed E-state index contributed by atoms with van der Waals surface area (Å²) in [6.45, 7) is 0.939. The molecular weight excluding hydrogens is 454 g/mol. The van der Waals surface area contributed by atoms with Gasteiger partial charge in [0.1, 0.15) is 19.0 Å². The van der Waals surface area contributed by atoms with Gasteiger partial charge in [0.25, 0.3) is 10.0 Å². The Morgan fingerprint density at radius 2 is 1.74 bits per heavy atom. The van der Waals surface area contributed by atoms with Crippen molar-refractivity contribution in [1.82, 2.24) is 9.78 Å². The molecule has 0 amide bonds. The number of esters is 1. The summed E-state index contributed by atoms with van der Waals surface area (Å²) >= 11 is 0. The molecule has 0 saturated carbocycles. The van der Waals surface area contributed by atoms with Crippen LogP contribution in [-0.4, -0.2) is 30.8 Å². The van der Waals surface area contributed by atoms with Gasteiger partial charge in [-0.05, 0) is 54.1 Å². The van der Waals surface area contributed by atoms with Crippen molar-refractivity contribution in [2.45, 2.75) is 18.0 Å². The van der Waals surface area contributed by atoms with Gasteiger partial charge in [-0.1, -0.05) is 36.4 Å². The van der Waals surface area contributed by atoms with Crippen LogP contribution in [0.3, 0.4) is 0 Å². The van der Waals surface area contributed by atoms with Gasteiger partial charge in [-0.25, -0.2) is 13.2 Å².